The summed E-state index contributed by atoms with van der Waals surface area (Å²) in [7, 11) is 0. The fraction of sp³-hybridized carbons (Fsp3) is 0.435. The van der Waals surface area contributed by atoms with E-state index < -0.39 is 0 Å². The van der Waals surface area contributed by atoms with Crippen molar-refractivity contribution in [2.75, 3.05) is 0 Å². The van der Waals surface area contributed by atoms with Gasteiger partial charge in [0.15, 0.2) is 10.9 Å². The van der Waals surface area contributed by atoms with Crippen molar-refractivity contribution in [3.63, 3.8) is 0 Å². The standard InChI is InChI=1S/C23H29N3O2S/c1-15-6-5-9-20(16(15)2)24-23(29)26-25-22(28)13-12-21(27)19-11-10-17-7-3-4-8-18(17)14-19/h3-4,7-8,10-11,14-16,20H,5-6,9,12-13H2,1-2H3,(H,25,28)(H2,24,26,29)/t15-,16-,20-/m1/s1. The fourth-order valence-corrected chi connectivity index (χ4v) is 4.12. The van der Waals surface area contributed by atoms with Gasteiger partial charge in [-0.3, -0.25) is 20.4 Å². The van der Waals surface area contributed by atoms with Crippen LogP contribution in [0.2, 0.25) is 0 Å². The van der Waals surface area contributed by atoms with Gasteiger partial charge in [-0.1, -0.05) is 63.1 Å². The first-order chi connectivity index (χ1) is 13.9. The van der Waals surface area contributed by atoms with E-state index in [1.807, 2.05) is 42.5 Å². The molecule has 3 N–H and O–H groups in total. The molecular formula is C23H29N3O2S. The molecule has 6 heteroatoms. The van der Waals surface area contributed by atoms with E-state index in [2.05, 4.69) is 30.0 Å². The van der Waals surface area contributed by atoms with E-state index in [0.717, 1.165) is 17.2 Å². The SMILES string of the molecule is C[C@@H]1[C@H](C)CCC[C@H]1NC(=S)NNC(=O)CCC(=O)c1ccc2ccccc2c1. The third-order valence-corrected chi connectivity index (χ3v) is 6.21. The van der Waals surface area contributed by atoms with Crippen LogP contribution >= 0.6 is 12.2 Å². The molecule has 0 spiro atoms. The van der Waals surface area contributed by atoms with Crippen LogP contribution in [0.15, 0.2) is 42.5 Å². The van der Waals surface area contributed by atoms with Crippen molar-refractivity contribution in [3.8, 4) is 0 Å². The highest BCUT2D eigenvalue weighted by Crippen LogP contribution is 2.29. The summed E-state index contributed by atoms with van der Waals surface area (Å²) >= 11 is 5.30. The van der Waals surface area contributed by atoms with Crippen LogP contribution in [0.4, 0.5) is 0 Å². The zero-order valence-corrected chi connectivity index (χ0v) is 17.9. The molecule has 2 aromatic carbocycles. The van der Waals surface area contributed by atoms with Gasteiger partial charge < -0.3 is 5.32 Å². The Balaban J connectivity index is 1.42. The molecule has 2 aromatic rings. The number of carbonyl (C=O) groups excluding carboxylic acids is 2. The van der Waals surface area contributed by atoms with Crippen molar-refractivity contribution in [3.05, 3.63) is 48.0 Å². The van der Waals surface area contributed by atoms with Gasteiger partial charge in [0.05, 0.1) is 0 Å². The van der Waals surface area contributed by atoms with Crippen molar-refractivity contribution in [2.45, 2.75) is 52.0 Å². The number of carbonyl (C=O) groups is 2. The lowest BCUT2D eigenvalue weighted by atomic mass is 9.78. The molecule has 5 nitrogen and oxygen atoms in total. The first-order valence-electron chi connectivity index (χ1n) is 10.3. The normalized spacial score (nSPS) is 21.4. The van der Waals surface area contributed by atoms with Crippen LogP contribution in [0.3, 0.4) is 0 Å². The second-order valence-electron chi connectivity index (χ2n) is 8.01. The Morgan fingerprint density at radius 1 is 1.00 bits per heavy atom. The highest BCUT2D eigenvalue weighted by molar-refractivity contribution is 7.80. The number of thiocarbonyl (C=S) groups is 1. The third kappa shape index (κ3) is 5.76. The molecule has 29 heavy (non-hydrogen) atoms. The van der Waals surface area contributed by atoms with Gasteiger partial charge in [0, 0.05) is 24.4 Å². The number of nitrogens with one attached hydrogen (secondary N) is 3. The largest absolute Gasteiger partial charge is 0.358 e. The van der Waals surface area contributed by atoms with E-state index in [1.165, 1.54) is 12.8 Å². The maximum atomic E-state index is 12.4. The van der Waals surface area contributed by atoms with Gasteiger partial charge in [0.1, 0.15) is 0 Å². The number of hydrogen-bond donors (Lipinski definition) is 3. The van der Waals surface area contributed by atoms with Gasteiger partial charge in [-0.25, -0.2) is 0 Å². The monoisotopic (exact) mass is 411 g/mol. The molecule has 3 rings (SSSR count). The number of hydrogen-bond acceptors (Lipinski definition) is 3. The summed E-state index contributed by atoms with van der Waals surface area (Å²) in [5.41, 5.74) is 5.98. The summed E-state index contributed by atoms with van der Waals surface area (Å²) in [6, 6.07) is 13.8. The van der Waals surface area contributed by atoms with Gasteiger partial charge in [-0.2, -0.15) is 0 Å². The minimum absolute atomic E-state index is 0.0448. The molecule has 1 amide bonds. The lowest BCUT2D eigenvalue weighted by Gasteiger charge is -2.35. The smallest absolute Gasteiger partial charge is 0.238 e. The van der Waals surface area contributed by atoms with Crippen LogP contribution < -0.4 is 16.2 Å². The maximum absolute atomic E-state index is 12.4. The number of hydrazine groups is 1. The number of Topliss-reactive ketones (excluding diaryl/α,β-unsaturated/α-hetero) is 1. The van der Waals surface area contributed by atoms with Crippen LogP contribution in [0.5, 0.6) is 0 Å². The van der Waals surface area contributed by atoms with Gasteiger partial charge >= 0.3 is 0 Å². The summed E-state index contributed by atoms with van der Waals surface area (Å²) < 4.78 is 0. The molecule has 0 unspecified atom stereocenters. The molecule has 0 radical (unpaired) electrons. The van der Waals surface area contributed by atoms with E-state index in [0.29, 0.717) is 28.6 Å². The third-order valence-electron chi connectivity index (χ3n) is 5.99. The topological polar surface area (TPSA) is 70.2 Å². The quantitative estimate of drug-likeness (QED) is 0.392. The lowest BCUT2D eigenvalue weighted by molar-refractivity contribution is -0.121. The summed E-state index contributed by atoms with van der Waals surface area (Å²) in [6.07, 6.45) is 3.79. The van der Waals surface area contributed by atoms with Crippen LogP contribution in [0.25, 0.3) is 10.8 Å². The molecule has 0 heterocycles. The number of fused-ring (bicyclic) bond motifs is 1. The van der Waals surface area contributed by atoms with E-state index in [9.17, 15) is 9.59 Å². The first-order valence-corrected chi connectivity index (χ1v) is 10.7. The van der Waals surface area contributed by atoms with Crippen LogP contribution in [0, 0.1) is 11.8 Å². The molecule has 154 valence electrons. The highest BCUT2D eigenvalue weighted by Gasteiger charge is 2.27. The molecule has 0 bridgehead atoms. The minimum atomic E-state index is -0.256. The van der Waals surface area contributed by atoms with Gasteiger partial charge in [-0.15, -0.1) is 0 Å². The fourth-order valence-electron chi connectivity index (χ4n) is 3.91. The average molecular weight is 412 g/mol. The van der Waals surface area contributed by atoms with E-state index in [-0.39, 0.29) is 24.5 Å². The molecule has 0 aromatic heterocycles. The van der Waals surface area contributed by atoms with Crippen molar-refractivity contribution < 1.29 is 9.59 Å². The average Bonchev–Trinajstić information content (AvgIpc) is 2.73. The molecule has 1 fully saturated rings. The Kier molecular flexibility index (Phi) is 7.20. The second kappa shape index (κ2) is 9.83. The summed E-state index contributed by atoms with van der Waals surface area (Å²) in [4.78, 5) is 24.5. The molecule has 0 aliphatic heterocycles. The zero-order valence-electron chi connectivity index (χ0n) is 17.0. The first kappa shape index (κ1) is 21.2. The van der Waals surface area contributed by atoms with E-state index >= 15 is 0 Å². The van der Waals surface area contributed by atoms with E-state index in [4.69, 9.17) is 12.2 Å². The Labute approximate surface area is 177 Å². The maximum Gasteiger partial charge on any atom is 0.238 e. The summed E-state index contributed by atoms with van der Waals surface area (Å²) in [5.74, 6) is 0.906. The second-order valence-corrected chi connectivity index (χ2v) is 8.41. The van der Waals surface area contributed by atoms with Crippen LogP contribution in [-0.2, 0) is 4.79 Å². The van der Waals surface area contributed by atoms with Crippen molar-refractivity contribution in [1.29, 1.82) is 0 Å². The summed E-state index contributed by atoms with van der Waals surface area (Å²) in [6.45, 7) is 4.50. The van der Waals surface area contributed by atoms with Crippen molar-refractivity contribution in [1.82, 2.24) is 16.2 Å². The number of amides is 1. The molecule has 3 atom stereocenters. The lowest BCUT2D eigenvalue weighted by Crippen LogP contribution is -2.52. The minimum Gasteiger partial charge on any atom is -0.358 e. The summed E-state index contributed by atoms with van der Waals surface area (Å²) in [5, 5.41) is 5.83. The van der Waals surface area contributed by atoms with Gasteiger partial charge in [0.25, 0.3) is 0 Å². The van der Waals surface area contributed by atoms with Crippen LogP contribution in [-0.4, -0.2) is 22.8 Å². The Morgan fingerprint density at radius 3 is 2.55 bits per heavy atom. The predicted molar refractivity (Wildman–Crippen MR) is 120 cm³/mol. The number of ketones is 1. The van der Waals surface area contributed by atoms with Gasteiger partial charge in [0.2, 0.25) is 5.91 Å². The predicted octanol–water partition coefficient (Wildman–Crippen LogP) is 4.12. The molecule has 1 aliphatic carbocycles. The molecule has 0 saturated heterocycles. The molecule has 1 aliphatic rings. The molecule has 1 saturated carbocycles. The van der Waals surface area contributed by atoms with Crippen molar-refractivity contribution in [2.24, 2.45) is 11.8 Å². The Morgan fingerprint density at radius 2 is 1.76 bits per heavy atom. The van der Waals surface area contributed by atoms with Crippen LogP contribution in [0.1, 0.15) is 56.3 Å². The zero-order chi connectivity index (χ0) is 20.8. The Bertz CT molecular complexity index is 899. The number of benzene rings is 2. The van der Waals surface area contributed by atoms with Crippen molar-refractivity contribution >= 4 is 39.8 Å². The number of rotatable bonds is 5. The highest BCUT2D eigenvalue weighted by atomic mass is 32.1. The Hall–Kier alpha value is -2.47. The van der Waals surface area contributed by atoms with E-state index in [1.54, 1.807) is 0 Å². The molecular weight excluding hydrogens is 382 g/mol. The van der Waals surface area contributed by atoms with Gasteiger partial charge in [-0.05, 0) is 47.3 Å².